The molecule has 0 N–H and O–H groups in total. The van der Waals surface area contributed by atoms with Gasteiger partial charge in [-0.3, -0.25) is 14.5 Å². The van der Waals surface area contributed by atoms with Gasteiger partial charge in [-0.2, -0.15) is 0 Å². The molecule has 0 spiro atoms. The quantitative estimate of drug-likeness (QED) is 0.634. The molecule has 5 heteroatoms. The molecule has 1 aromatic heterocycles. The van der Waals surface area contributed by atoms with E-state index in [0.717, 1.165) is 18.4 Å². The van der Waals surface area contributed by atoms with E-state index in [-0.39, 0.29) is 12.2 Å². The zero-order chi connectivity index (χ0) is 12.4. The number of hydrogen-bond acceptors (Lipinski definition) is 3. The number of carbonyl (C=O) groups excluding carboxylic acids is 2. The van der Waals surface area contributed by atoms with Gasteiger partial charge in [-0.05, 0) is 28.4 Å². The molecular formula is C12H13BrN2O2. The Kier molecular flexibility index (Phi) is 3.57. The van der Waals surface area contributed by atoms with Crippen LogP contribution in [0.4, 0.5) is 5.82 Å². The van der Waals surface area contributed by atoms with Gasteiger partial charge < -0.3 is 0 Å². The number of fused-ring (bicyclic) bond motifs is 1. The molecule has 2 rings (SSSR count). The lowest BCUT2D eigenvalue weighted by Gasteiger charge is -2.27. The van der Waals surface area contributed by atoms with Gasteiger partial charge in [0, 0.05) is 18.5 Å². The lowest BCUT2D eigenvalue weighted by Crippen LogP contribution is -2.42. The highest BCUT2D eigenvalue weighted by Gasteiger charge is 2.31. The molecule has 17 heavy (non-hydrogen) atoms. The fourth-order valence-electron chi connectivity index (χ4n) is 1.84. The standard InChI is InChI=1S/C12H13BrN2O2/c1-2-3-6-15-11-8(4-5-10(13)14-11)7-9(16)12(15)17/h4-5H,2-3,6-7H2,1H3. The summed E-state index contributed by atoms with van der Waals surface area (Å²) in [7, 11) is 0. The molecule has 0 atom stereocenters. The molecule has 90 valence electrons. The zero-order valence-electron chi connectivity index (χ0n) is 9.57. The van der Waals surface area contributed by atoms with Crippen molar-refractivity contribution >= 4 is 33.4 Å². The molecule has 0 unspecified atom stereocenters. The first-order valence-corrected chi connectivity index (χ1v) is 6.43. The summed E-state index contributed by atoms with van der Waals surface area (Å²) in [6, 6.07) is 3.63. The van der Waals surface area contributed by atoms with Crippen molar-refractivity contribution < 1.29 is 9.59 Å². The molecule has 0 aliphatic carbocycles. The Morgan fingerprint density at radius 2 is 2.18 bits per heavy atom. The van der Waals surface area contributed by atoms with Gasteiger partial charge in [-0.25, -0.2) is 4.98 Å². The summed E-state index contributed by atoms with van der Waals surface area (Å²) >= 11 is 3.29. The van der Waals surface area contributed by atoms with Gasteiger partial charge in [0.1, 0.15) is 10.4 Å². The molecule has 4 nitrogen and oxygen atoms in total. The first-order chi connectivity index (χ1) is 8.13. The molecule has 0 radical (unpaired) electrons. The lowest BCUT2D eigenvalue weighted by molar-refractivity contribution is -0.136. The van der Waals surface area contributed by atoms with Crippen LogP contribution in [-0.2, 0) is 16.0 Å². The highest BCUT2D eigenvalue weighted by molar-refractivity contribution is 9.10. The molecule has 0 saturated heterocycles. The van der Waals surface area contributed by atoms with Crippen LogP contribution in [0.5, 0.6) is 0 Å². The summed E-state index contributed by atoms with van der Waals surface area (Å²) in [5.41, 5.74) is 0.828. The van der Waals surface area contributed by atoms with Crippen LogP contribution in [0.3, 0.4) is 0 Å². The number of rotatable bonds is 3. The lowest BCUT2D eigenvalue weighted by atomic mass is 10.0. The number of anilines is 1. The minimum atomic E-state index is -0.434. The zero-order valence-corrected chi connectivity index (χ0v) is 11.2. The van der Waals surface area contributed by atoms with Crippen LogP contribution in [0.2, 0.25) is 0 Å². The summed E-state index contributed by atoms with van der Waals surface area (Å²) < 4.78 is 0.680. The highest BCUT2D eigenvalue weighted by Crippen LogP contribution is 2.26. The summed E-state index contributed by atoms with van der Waals surface area (Å²) in [4.78, 5) is 29.2. The van der Waals surface area contributed by atoms with E-state index in [4.69, 9.17) is 0 Å². The Morgan fingerprint density at radius 1 is 1.41 bits per heavy atom. The molecule has 1 aliphatic heterocycles. The van der Waals surface area contributed by atoms with Gasteiger partial charge in [0.2, 0.25) is 5.78 Å². The fourth-order valence-corrected chi connectivity index (χ4v) is 2.14. The smallest absolute Gasteiger partial charge is 0.290 e. The summed E-state index contributed by atoms with van der Waals surface area (Å²) in [5.74, 6) is -0.160. The predicted octanol–water partition coefficient (Wildman–Crippen LogP) is 2.10. The van der Waals surface area contributed by atoms with Crippen LogP contribution >= 0.6 is 15.9 Å². The molecule has 1 aliphatic rings. The number of pyridine rings is 1. The van der Waals surface area contributed by atoms with Crippen LogP contribution in [-0.4, -0.2) is 23.2 Å². The molecule has 0 fully saturated rings. The number of hydrogen-bond donors (Lipinski definition) is 0. The van der Waals surface area contributed by atoms with Gasteiger partial charge >= 0.3 is 0 Å². The minimum Gasteiger partial charge on any atom is -0.290 e. The van der Waals surface area contributed by atoms with E-state index in [2.05, 4.69) is 20.9 Å². The second-order valence-electron chi connectivity index (χ2n) is 4.03. The summed E-state index contributed by atoms with van der Waals surface area (Å²) in [5, 5.41) is 0. The third kappa shape index (κ3) is 2.39. The Hall–Kier alpha value is -1.23. The Bertz CT molecular complexity index is 474. The monoisotopic (exact) mass is 296 g/mol. The molecule has 0 saturated carbocycles. The van der Waals surface area contributed by atoms with E-state index in [1.165, 1.54) is 4.90 Å². The van der Waals surface area contributed by atoms with Crippen molar-refractivity contribution in [3.05, 3.63) is 22.3 Å². The van der Waals surface area contributed by atoms with Gasteiger partial charge in [0.05, 0.1) is 0 Å². The highest BCUT2D eigenvalue weighted by atomic mass is 79.9. The normalized spacial score (nSPS) is 15.1. The van der Waals surface area contributed by atoms with E-state index in [1.807, 2.05) is 13.0 Å². The number of aromatic nitrogens is 1. The number of ketones is 1. The average Bonchev–Trinajstić information content (AvgIpc) is 2.31. The topological polar surface area (TPSA) is 50.3 Å². The van der Waals surface area contributed by atoms with Crippen LogP contribution in [0.1, 0.15) is 25.3 Å². The van der Waals surface area contributed by atoms with E-state index < -0.39 is 5.91 Å². The third-order valence-corrected chi connectivity index (χ3v) is 3.19. The molecule has 1 amide bonds. The molecule has 0 bridgehead atoms. The molecule has 0 aromatic carbocycles. The number of nitrogens with zero attached hydrogens (tertiary/aromatic N) is 2. The summed E-state index contributed by atoms with van der Waals surface area (Å²) in [6.45, 7) is 2.60. The van der Waals surface area contributed by atoms with Crippen LogP contribution in [0, 0.1) is 0 Å². The van der Waals surface area contributed by atoms with Crippen molar-refractivity contribution in [1.82, 2.24) is 4.98 Å². The maximum Gasteiger partial charge on any atom is 0.295 e. The number of Topliss-reactive ketones (excluding diaryl/α,β-unsaturated/α-hetero) is 1. The maximum atomic E-state index is 11.8. The van der Waals surface area contributed by atoms with Crippen molar-refractivity contribution in [2.24, 2.45) is 0 Å². The van der Waals surface area contributed by atoms with Crippen molar-refractivity contribution in [2.75, 3.05) is 11.4 Å². The van der Waals surface area contributed by atoms with Crippen LogP contribution in [0.25, 0.3) is 0 Å². The number of amides is 1. The van der Waals surface area contributed by atoms with Crippen molar-refractivity contribution in [3.63, 3.8) is 0 Å². The van der Waals surface area contributed by atoms with Gasteiger partial charge in [-0.15, -0.1) is 0 Å². The second-order valence-corrected chi connectivity index (χ2v) is 4.84. The van der Waals surface area contributed by atoms with E-state index in [0.29, 0.717) is 17.0 Å². The van der Waals surface area contributed by atoms with Gasteiger partial charge in [0.25, 0.3) is 5.91 Å². The third-order valence-electron chi connectivity index (χ3n) is 2.75. The molecule has 1 aromatic rings. The maximum absolute atomic E-state index is 11.8. The first kappa shape index (κ1) is 12.2. The number of halogens is 1. The van der Waals surface area contributed by atoms with Crippen molar-refractivity contribution in [2.45, 2.75) is 26.2 Å². The predicted molar refractivity (Wildman–Crippen MR) is 67.9 cm³/mol. The Labute approximate surface area is 108 Å². The number of carbonyl (C=O) groups is 2. The molecule has 2 heterocycles. The molecular weight excluding hydrogens is 284 g/mol. The van der Waals surface area contributed by atoms with Crippen molar-refractivity contribution in [3.8, 4) is 0 Å². The average molecular weight is 297 g/mol. The van der Waals surface area contributed by atoms with E-state index >= 15 is 0 Å². The Morgan fingerprint density at radius 3 is 2.88 bits per heavy atom. The van der Waals surface area contributed by atoms with Gasteiger partial charge in [0.15, 0.2) is 0 Å². The fraction of sp³-hybridized carbons (Fsp3) is 0.417. The Balaban J connectivity index is 2.39. The van der Waals surface area contributed by atoms with Crippen LogP contribution < -0.4 is 4.90 Å². The van der Waals surface area contributed by atoms with Crippen LogP contribution in [0.15, 0.2) is 16.7 Å². The largest absolute Gasteiger partial charge is 0.295 e. The van der Waals surface area contributed by atoms with Gasteiger partial charge in [-0.1, -0.05) is 19.4 Å². The SMILES string of the molecule is CCCCN1C(=O)C(=O)Cc2ccc(Br)nc21. The first-order valence-electron chi connectivity index (χ1n) is 5.63. The van der Waals surface area contributed by atoms with E-state index in [1.54, 1.807) is 6.07 Å². The second kappa shape index (κ2) is 4.96. The minimum absolute atomic E-state index is 0.164. The number of unbranched alkanes of at least 4 members (excludes halogenated alkanes) is 1. The van der Waals surface area contributed by atoms with E-state index in [9.17, 15) is 9.59 Å². The van der Waals surface area contributed by atoms with Crippen molar-refractivity contribution in [1.29, 1.82) is 0 Å². The summed E-state index contributed by atoms with van der Waals surface area (Å²) in [6.07, 6.45) is 2.00.